The summed E-state index contributed by atoms with van der Waals surface area (Å²) < 4.78 is 13.3. The number of likely N-dealkylation sites (tertiary alicyclic amines) is 1. The fourth-order valence-corrected chi connectivity index (χ4v) is 3.59. The predicted octanol–water partition coefficient (Wildman–Crippen LogP) is 1.60. The number of nitrogens with zero attached hydrogens (tertiary/aromatic N) is 1. The van der Waals surface area contributed by atoms with Gasteiger partial charge in [0.1, 0.15) is 11.6 Å². The van der Waals surface area contributed by atoms with E-state index in [9.17, 15) is 14.3 Å². The van der Waals surface area contributed by atoms with Crippen molar-refractivity contribution in [1.82, 2.24) is 10.2 Å². The summed E-state index contributed by atoms with van der Waals surface area (Å²) in [5, 5.41) is 13.2. The molecular weight excluding hydrogens is 259 g/mol. The van der Waals surface area contributed by atoms with Crippen LogP contribution in [0.4, 0.5) is 4.39 Å². The molecule has 0 aliphatic carbocycles. The lowest BCUT2D eigenvalue weighted by atomic mass is 9.84. The van der Waals surface area contributed by atoms with Crippen molar-refractivity contribution in [2.24, 2.45) is 11.8 Å². The van der Waals surface area contributed by atoms with E-state index in [0.29, 0.717) is 18.4 Å². The fourth-order valence-electron chi connectivity index (χ4n) is 3.59. The maximum atomic E-state index is 13.3. The van der Waals surface area contributed by atoms with Gasteiger partial charge in [-0.05, 0) is 43.9 Å². The molecule has 0 spiro atoms. The molecule has 0 bridgehead atoms. The maximum Gasteiger partial charge on any atom is 0.258 e. The zero-order valence-corrected chi connectivity index (χ0v) is 11.7. The van der Waals surface area contributed by atoms with Crippen LogP contribution in [-0.2, 0) is 0 Å². The van der Waals surface area contributed by atoms with Gasteiger partial charge in [-0.2, -0.15) is 0 Å². The summed E-state index contributed by atoms with van der Waals surface area (Å²) in [6.45, 7) is 6.54. The van der Waals surface area contributed by atoms with Crippen molar-refractivity contribution in [1.29, 1.82) is 0 Å². The van der Waals surface area contributed by atoms with Crippen LogP contribution in [0.1, 0.15) is 24.2 Å². The number of carbonyl (C=O) groups is 1. The fraction of sp³-hybridized carbons (Fsp3) is 0.533. The van der Waals surface area contributed by atoms with Gasteiger partial charge in [0.25, 0.3) is 5.91 Å². The van der Waals surface area contributed by atoms with Crippen LogP contribution in [0.3, 0.4) is 0 Å². The summed E-state index contributed by atoms with van der Waals surface area (Å²) >= 11 is 0. The monoisotopic (exact) mass is 278 g/mol. The number of aromatic hydroxyl groups is 1. The van der Waals surface area contributed by atoms with E-state index >= 15 is 0 Å². The van der Waals surface area contributed by atoms with Gasteiger partial charge in [0.15, 0.2) is 0 Å². The van der Waals surface area contributed by atoms with E-state index in [2.05, 4.69) is 5.32 Å². The van der Waals surface area contributed by atoms with E-state index in [1.165, 1.54) is 6.07 Å². The second-order valence-corrected chi connectivity index (χ2v) is 6.26. The maximum absolute atomic E-state index is 13.3. The van der Waals surface area contributed by atoms with Crippen molar-refractivity contribution >= 4 is 5.91 Å². The van der Waals surface area contributed by atoms with Crippen molar-refractivity contribution in [3.8, 4) is 5.75 Å². The van der Waals surface area contributed by atoms with Crippen LogP contribution in [0.25, 0.3) is 0 Å². The van der Waals surface area contributed by atoms with Gasteiger partial charge in [0, 0.05) is 25.2 Å². The molecule has 1 aromatic rings. The minimum atomic E-state index is -0.509. The molecule has 0 saturated carbocycles. The van der Waals surface area contributed by atoms with E-state index in [1.807, 2.05) is 13.8 Å². The van der Waals surface area contributed by atoms with Crippen LogP contribution in [0.5, 0.6) is 5.75 Å². The molecule has 5 heteroatoms. The number of halogens is 1. The molecule has 2 unspecified atom stereocenters. The largest absolute Gasteiger partial charge is 0.507 e. The summed E-state index contributed by atoms with van der Waals surface area (Å²) in [6.07, 6.45) is 0. The number of hydrogen-bond acceptors (Lipinski definition) is 3. The third-order valence-corrected chi connectivity index (χ3v) is 4.79. The molecule has 2 fully saturated rings. The van der Waals surface area contributed by atoms with Crippen molar-refractivity contribution in [3.05, 3.63) is 29.6 Å². The summed E-state index contributed by atoms with van der Waals surface area (Å²) in [6, 6.07) is 3.49. The first-order chi connectivity index (χ1) is 9.41. The number of hydrogen-bond donors (Lipinski definition) is 2. The van der Waals surface area contributed by atoms with E-state index in [0.717, 1.165) is 25.2 Å². The number of nitrogens with one attached hydrogen (secondary N) is 1. The second-order valence-electron chi connectivity index (χ2n) is 6.26. The van der Waals surface area contributed by atoms with Crippen LogP contribution in [0.2, 0.25) is 0 Å². The van der Waals surface area contributed by atoms with Crippen molar-refractivity contribution in [2.45, 2.75) is 19.4 Å². The predicted molar refractivity (Wildman–Crippen MR) is 73.0 cm³/mol. The molecule has 0 radical (unpaired) electrons. The van der Waals surface area contributed by atoms with E-state index in [1.54, 1.807) is 4.90 Å². The first-order valence-electron chi connectivity index (χ1n) is 6.92. The van der Waals surface area contributed by atoms with Gasteiger partial charge in [0.2, 0.25) is 0 Å². The quantitative estimate of drug-likeness (QED) is 0.820. The molecule has 108 valence electrons. The molecule has 2 N–H and O–H groups in total. The van der Waals surface area contributed by atoms with Crippen LogP contribution in [-0.4, -0.2) is 41.1 Å². The Balaban J connectivity index is 1.93. The highest BCUT2D eigenvalue weighted by Crippen LogP contribution is 2.41. The standard InChI is InChI=1S/C15H19FN2O2/c1-15(2)12-7-17-6-9(12)8-18(15)14(20)11-5-10(16)3-4-13(11)19/h3-5,9,12,17,19H,6-8H2,1-2H3. The molecule has 2 atom stereocenters. The summed E-state index contributed by atoms with van der Waals surface area (Å²) in [5.41, 5.74) is -0.240. The molecule has 20 heavy (non-hydrogen) atoms. The molecule has 2 saturated heterocycles. The van der Waals surface area contributed by atoms with E-state index in [-0.39, 0.29) is 22.8 Å². The normalized spacial score (nSPS) is 27.6. The van der Waals surface area contributed by atoms with Gasteiger partial charge in [0.05, 0.1) is 5.56 Å². The lowest BCUT2D eigenvalue weighted by molar-refractivity contribution is 0.0600. The Bertz CT molecular complexity index is 559. The van der Waals surface area contributed by atoms with Gasteiger partial charge in [-0.25, -0.2) is 4.39 Å². The first kappa shape index (κ1) is 13.4. The van der Waals surface area contributed by atoms with Crippen LogP contribution >= 0.6 is 0 Å². The second kappa shape index (κ2) is 4.45. The third kappa shape index (κ3) is 1.88. The van der Waals surface area contributed by atoms with Crippen LogP contribution < -0.4 is 5.32 Å². The van der Waals surface area contributed by atoms with Crippen molar-refractivity contribution in [3.63, 3.8) is 0 Å². The minimum absolute atomic E-state index is 0.0472. The van der Waals surface area contributed by atoms with Gasteiger partial charge in [-0.3, -0.25) is 4.79 Å². The van der Waals surface area contributed by atoms with Crippen molar-refractivity contribution in [2.75, 3.05) is 19.6 Å². The molecule has 4 nitrogen and oxygen atoms in total. The molecule has 2 aliphatic heterocycles. The van der Waals surface area contributed by atoms with E-state index in [4.69, 9.17) is 0 Å². The highest BCUT2D eigenvalue weighted by molar-refractivity contribution is 5.97. The van der Waals surface area contributed by atoms with Gasteiger partial charge in [-0.15, -0.1) is 0 Å². The average Bonchev–Trinajstić information content (AvgIpc) is 2.94. The molecule has 0 aromatic heterocycles. The number of carbonyl (C=O) groups excluding carboxylic acids is 1. The Morgan fingerprint density at radius 3 is 2.90 bits per heavy atom. The Hall–Kier alpha value is -1.62. The zero-order chi connectivity index (χ0) is 14.5. The lowest BCUT2D eigenvalue weighted by Crippen LogP contribution is -2.47. The number of rotatable bonds is 1. The summed E-state index contributed by atoms with van der Waals surface area (Å²) in [5.74, 6) is -0.124. The smallest absolute Gasteiger partial charge is 0.258 e. The number of benzene rings is 1. The van der Waals surface area contributed by atoms with Crippen LogP contribution in [0.15, 0.2) is 18.2 Å². The molecule has 2 aliphatic rings. The Labute approximate surface area is 117 Å². The average molecular weight is 278 g/mol. The SMILES string of the molecule is CC1(C)C2CNCC2CN1C(=O)c1cc(F)ccc1O. The lowest BCUT2D eigenvalue weighted by Gasteiger charge is -2.35. The number of amides is 1. The van der Waals surface area contributed by atoms with Crippen molar-refractivity contribution < 1.29 is 14.3 Å². The molecule has 1 aromatic carbocycles. The Kier molecular flexibility index (Phi) is 2.97. The topological polar surface area (TPSA) is 52.6 Å². The van der Waals surface area contributed by atoms with Crippen LogP contribution in [0, 0.1) is 17.7 Å². The zero-order valence-electron chi connectivity index (χ0n) is 11.7. The number of phenolic OH excluding ortho intramolecular Hbond substituents is 1. The van der Waals surface area contributed by atoms with E-state index < -0.39 is 5.82 Å². The highest BCUT2D eigenvalue weighted by Gasteiger charge is 2.51. The highest BCUT2D eigenvalue weighted by atomic mass is 19.1. The summed E-state index contributed by atoms with van der Waals surface area (Å²) in [7, 11) is 0. The van der Waals surface area contributed by atoms with Gasteiger partial charge >= 0.3 is 0 Å². The molecule has 1 amide bonds. The van der Waals surface area contributed by atoms with Gasteiger partial charge in [-0.1, -0.05) is 0 Å². The number of phenols is 1. The third-order valence-electron chi connectivity index (χ3n) is 4.79. The molecule has 2 heterocycles. The molecule has 3 rings (SSSR count). The number of fused-ring (bicyclic) bond motifs is 1. The summed E-state index contributed by atoms with van der Waals surface area (Å²) in [4.78, 5) is 14.4. The van der Waals surface area contributed by atoms with Gasteiger partial charge < -0.3 is 15.3 Å². The Morgan fingerprint density at radius 2 is 2.20 bits per heavy atom. The molecular formula is C15H19FN2O2. The first-order valence-corrected chi connectivity index (χ1v) is 6.92. The Morgan fingerprint density at radius 1 is 1.45 bits per heavy atom. The minimum Gasteiger partial charge on any atom is -0.507 e.